The van der Waals surface area contributed by atoms with Crippen molar-refractivity contribution in [2.24, 2.45) is 0 Å². The van der Waals surface area contributed by atoms with Crippen LogP contribution in [-0.4, -0.2) is 39.6 Å². The number of nitrogens with zero attached hydrogens (tertiary/aromatic N) is 3. The normalized spacial score (nSPS) is 12.0. The zero-order valence-electron chi connectivity index (χ0n) is 18.5. The molecular weight excluding hydrogens is 407 g/mol. The number of nitrogens with one attached hydrogen (secondary N) is 1. The van der Waals surface area contributed by atoms with Gasteiger partial charge in [-0.1, -0.05) is 12.1 Å². The largest absolute Gasteiger partial charge is 0.493 e. The van der Waals surface area contributed by atoms with Crippen LogP contribution >= 0.6 is 0 Å². The van der Waals surface area contributed by atoms with Crippen LogP contribution in [0.4, 0.5) is 4.39 Å². The molecule has 7 heteroatoms. The second-order valence-corrected chi connectivity index (χ2v) is 7.70. The third kappa shape index (κ3) is 3.93. The Morgan fingerprint density at radius 1 is 1.22 bits per heavy atom. The Labute approximate surface area is 186 Å². The van der Waals surface area contributed by atoms with Crippen molar-refractivity contribution in [3.8, 4) is 16.9 Å². The lowest BCUT2D eigenvalue weighted by molar-refractivity contribution is 0.0742. The van der Waals surface area contributed by atoms with E-state index in [1.807, 2.05) is 26.8 Å². The number of pyridine rings is 1. The maximum absolute atomic E-state index is 13.7. The first-order valence-electron chi connectivity index (χ1n) is 10.5. The molecule has 1 atom stereocenters. The summed E-state index contributed by atoms with van der Waals surface area (Å²) in [5.74, 6) is 0.0642. The molecule has 0 spiro atoms. The second-order valence-electron chi connectivity index (χ2n) is 7.70. The van der Waals surface area contributed by atoms with E-state index in [0.717, 1.165) is 27.7 Å². The molecule has 0 saturated carbocycles. The van der Waals surface area contributed by atoms with E-state index in [4.69, 9.17) is 4.74 Å². The SMILES string of the molecule is CCOc1cc(C(=O)N(C)[C@@H](C)c2c(C)ncc3cn[nH]c23)ccc1-c1cccc(F)c1. The highest BCUT2D eigenvalue weighted by atomic mass is 19.1. The molecule has 0 saturated heterocycles. The van der Waals surface area contributed by atoms with Crippen molar-refractivity contribution >= 4 is 16.8 Å². The van der Waals surface area contributed by atoms with Crippen molar-refractivity contribution in [2.45, 2.75) is 26.8 Å². The maximum Gasteiger partial charge on any atom is 0.254 e. The highest BCUT2D eigenvalue weighted by molar-refractivity contribution is 5.96. The average molecular weight is 432 g/mol. The number of H-pyrrole nitrogens is 1. The number of aromatic nitrogens is 3. The van der Waals surface area contributed by atoms with Crippen LogP contribution in [0.2, 0.25) is 0 Å². The number of hydrogen-bond donors (Lipinski definition) is 1. The summed E-state index contributed by atoms with van der Waals surface area (Å²) in [5.41, 5.74) is 4.57. The monoisotopic (exact) mass is 432 g/mol. The zero-order valence-corrected chi connectivity index (χ0v) is 18.5. The number of hydrogen-bond acceptors (Lipinski definition) is 4. The van der Waals surface area contributed by atoms with E-state index in [1.165, 1.54) is 12.1 Å². The number of rotatable bonds is 6. The lowest BCUT2D eigenvalue weighted by atomic mass is 10.00. The molecule has 32 heavy (non-hydrogen) atoms. The van der Waals surface area contributed by atoms with Gasteiger partial charge in [0.2, 0.25) is 0 Å². The van der Waals surface area contributed by atoms with Gasteiger partial charge < -0.3 is 9.64 Å². The zero-order chi connectivity index (χ0) is 22.8. The highest BCUT2D eigenvalue weighted by Gasteiger charge is 2.24. The van der Waals surface area contributed by atoms with E-state index < -0.39 is 0 Å². The number of benzene rings is 2. The lowest BCUT2D eigenvalue weighted by Gasteiger charge is -2.27. The van der Waals surface area contributed by atoms with E-state index in [0.29, 0.717) is 23.5 Å². The second kappa shape index (κ2) is 8.78. The minimum atomic E-state index is -0.323. The molecule has 1 amide bonds. The molecule has 2 aromatic heterocycles. The number of aryl methyl sites for hydroxylation is 1. The lowest BCUT2D eigenvalue weighted by Crippen LogP contribution is -2.30. The molecule has 0 fully saturated rings. The van der Waals surface area contributed by atoms with Crippen LogP contribution in [0.25, 0.3) is 22.0 Å². The fourth-order valence-corrected chi connectivity index (χ4v) is 3.94. The van der Waals surface area contributed by atoms with Crippen molar-refractivity contribution in [3.05, 3.63) is 77.5 Å². The van der Waals surface area contributed by atoms with E-state index in [-0.39, 0.29) is 17.8 Å². The van der Waals surface area contributed by atoms with Gasteiger partial charge >= 0.3 is 0 Å². The number of carbonyl (C=O) groups excluding carboxylic acids is 1. The molecule has 0 aliphatic carbocycles. The molecule has 0 aliphatic heterocycles. The van der Waals surface area contributed by atoms with Crippen LogP contribution in [0.15, 0.2) is 54.9 Å². The van der Waals surface area contributed by atoms with Crippen molar-refractivity contribution in [3.63, 3.8) is 0 Å². The molecule has 4 rings (SSSR count). The molecule has 0 aliphatic rings. The number of halogens is 1. The van der Waals surface area contributed by atoms with Gasteiger partial charge in [-0.2, -0.15) is 5.10 Å². The van der Waals surface area contributed by atoms with Gasteiger partial charge in [-0.05, 0) is 56.7 Å². The Morgan fingerprint density at radius 2 is 2.03 bits per heavy atom. The number of aromatic amines is 1. The number of carbonyl (C=O) groups is 1. The molecule has 0 unspecified atom stereocenters. The summed E-state index contributed by atoms with van der Waals surface area (Å²) in [7, 11) is 1.77. The van der Waals surface area contributed by atoms with Gasteiger partial charge in [-0.25, -0.2) is 4.39 Å². The van der Waals surface area contributed by atoms with Gasteiger partial charge in [0.25, 0.3) is 5.91 Å². The van der Waals surface area contributed by atoms with Crippen molar-refractivity contribution in [1.82, 2.24) is 20.1 Å². The third-order valence-electron chi connectivity index (χ3n) is 5.71. The summed E-state index contributed by atoms with van der Waals surface area (Å²) in [6.07, 6.45) is 3.49. The van der Waals surface area contributed by atoms with Crippen LogP contribution < -0.4 is 4.74 Å². The first-order valence-corrected chi connectivity index (χ1v) is 10.5. The van der Waals surface area contributed by atoms with E-state index in [2.05, 4.69) is 15.2 Å². The van der Waals surface area contributed by atoms with Gasteiger partial charge in [-0.3, -0.25) is 14.9 Å². The van der Waals surface area contributed by atoms with E-state index in [9.17, 15) is 9.18 Å². The van der Waals surface area contributed by atoms with Gasteiger partial charge in [0.15, 0.2) is 0 Å². The minimum absolute atomic E-state index is 0.153. The maximum atomic E-state index is 13.7. The molecule has 2 aromatic carbocycles. The predicted octanol–water partition coefficient (Wildman–Crippen LogP) is 5.30. The fourth-order valence-electron chi connectivity index (χ4n) is 3.94. The van der Waals surface area contributed by atoms with Gasteiger partial charge in [-0.15, -0.1) is 0 Å². The Morgan fingerprint density at radius 3 is 2.78 bits per heavy atom. The minimum Gasteiger partial charge on any atom is -0.493 e. The highest BCUT2D eigenvalue weighted by Crippen LogP contribution is 2.33. The Hall–Kier alpha value is -3.74. The van der Waals surface area contributed by atoms with Crippen LogP contribution in [0.3, 0.4) is 0 Å². The first-order chi connectivity index (χ1) is 15.4. The summed E-state index contributed by atoms with van der Waals surface area (Å²) in [4.78, 5) is 19.5. The van der Waals surface area contributed by atoms with E-state index >= 15 is 0 Å². The van der Waals surface area contributed by atoms with Crippen LogP contribution in [0.5, 0.6) is 5.75 Å². The van der Waals surface area contributed by atoms with Gasteiger partial charge in [0.1, 0.15) is 11.6 Å². The summed E-state index contributed by atoms with van der Waals surface area (Å²) < 4.78 is 19.5. The molecule has 164 valence electrons. The van der Waals surface area contributed by atoms with Gasteiger partial charge in [0, 0.05) is 41.0 Å². The molecule has 6 nitrogen and oxygen atoms in total. The molecule has 1 N–H and O–H groups in total. The summed E-state index contributed by atoms with van der Waals surface area (Å²) in [6, 6.07) is 11.3. The molecule has 0 bridgehead atoms. The van der Waals surface area contributed by atoms with Crippen molar-refractivity contribution in [1.29, 1.82) is 0 Å². The molecular formula is C25H25FN4O2. The molecule has 0 radical (unpaired) electrons. The Kier molecular flexibility index (Phi) is 5.90. The summed E-state index contributed by atoms with van der Waals surface area (Å²) in [5, 5.41) is 8.03. The van der Waals surface area contributed by atoms with Gasteiger partial charge in [0.05, 0.1) is 24.4 Å². The number of ether oxygens (including phenoxy) is 1. The van der Waals surface area contributed by atoms with Crippen LogP contribution in [0.1, 0.15) is 41.5 Å². The predicted molar refractivity (Wildman–Crippen MR) is 122 cm³/mol. The Balaban J connectivity index is 1.68. The topological polar surface area (TPSA) is 71.1 Å². The number of amides is 1. The smallest absolute Gasteiger partial charge is 0.254 e. The van der Waals surface area contributed by atoms with Crippen LogP contribution in [0, 0.1) is 12.7 Å². The van der Waals surface area contributed by atoms with Crippen molar-refractivity contribution < 1.29 is 13.9 Å². The number of fused-ring (bicyclic) bond motifs is 1. The Bertz CT molecular complexity index is 1280. The fraction of sp³-hybridized carbons (Fsp3) is 0.240. The van der Waals surface area contributed by atoms with Crippen molar-refractivity contribution in [2.75, 3.05) is 13.7 Å². The van der Waals surface area contributed by atoms with Crippen LogP contribution in [-0.2, 0) is 0 Å². The third-order valence-corrected chi connectivity index (χ3v) is 5.71. The molecule has 2 heterocycles. The van der Waals surface area contributed by atoms with E-state index in [1.54, 1.807) is 48.6 Å². The molecule has 4 aromatic rings. The summed E-state index contributed by atoms with van der Waals surface area (Å²) in [6.45, 7) is 6.19. The summed E-state index contributed by atoms with van der Waals surface area (Å²) >= 11 is 0. The standard InChI is InChI=1S/C25H25FN4O2/c1-5-32-22-12-18(9-10-21(22)17-7-6-8-20(26)11-17)25(31)30(4)16(3)23-15(2)27-13-19-14-28-29-24(19)23/h6-14,16H,5H2,1-4H3,(H,28,29)/t16-/m0/s1. The average Bonchev–Trinajstić information content (AvgIpc) is 3.26. The first kappa shape index (κ1) is 21.5. The quantitative estimate of drug-likeness (QED) is 0.449.